The highest BCUT2D eigenvalue weighted by Crippen LogP contribution is 2.07. The van der Waals surface area contributed by atoms with Crippen molar-refractivity contribution in [1.29, 1.82) is 0 Å². The molecule has 1 atom stereocenters. The maximum atomic E-state index is 10.7. The minimum absolute atomic E-state index is 0.00776. The quantitative estimate of drug-likeness (QED) is 0.608. The fourth-order valence-electron chi connectivity index (χ4n) is 1.50. The van der Waals surface area contributed by atoms with Crippen LogP contribution in [-0.4, -0.2) is 23.0 Å². The topological polar surface area (TPSA) is 66.4 Å². The molecule has 2 N–H and O–H groups in total. The number of carbonyl (C=O) groups is 2. The molecule has 0 saturated heterocycles. The normalized spacial score (nSPS) is 12.1. The number of carbonyl (C=O) groups excluding carboxylic acids is 1. The third kappa shape index (κ3) is 10.9. The van der Waals surface area contributed by atoms with Gasteiger partial charge in [0.2, 0.25) is 5.91 Å². The lowest BCUT2D eigenvalue weighted by Crippen LogP contribution is -2.30. The maximum absolute atomic E-state index is 10.7. The average Bonchev–Trinajstić information content (AvgIpc) is 2.09. The van der Waals surface area contributed by atoms with E-state index < -0.39 is 5.97 Å². The molecule has 0 aliphatic carbocycles. The second-order valence-electron chi connectivity index (χ2n) is 3.95. The summed E-state index contributed by atoms with van der Waals surface area (Å²) in [5, 5.41) is 11.2. The fourth-order valence-corrected chi connectivity index (χ4v) is 1.50. The Kier molecular flexibility index (Phi) is 7.68. The van der Waals surface area contributed by atoms with Crippen LogP contribution >= 0.6 is 0 Å². The number of amides is 1. The minimum Gasteiger partial charge on any atom is -0.481 e. The number of unbranched alkanes of at least 4 members (excludes halogenated alkanes) is 3. The van der Waals surface area contributed by atoms with Crippen LogP contribution in [0.4, 0.5) is 0 Å². The van der Waals surface area contributed by atoms with Gasteiger partial charge in [0.1, 0.15) is 0 Å². The Hall–Kier alpha value is -1.06. The standard InChI is InChI=1S/C11H21NO3/c1-9(12-10(2)13)7-5-3-4-6-8-11(14)15/h9H,3-8H2,1-2H3,(H,12,13)(H,14,15). The Balaban J connectivity index is 3.23. The third-order valence-electron chi connectivity index (χ3n) is 2.23. The molecule has 0 aliphatic heterocycles. The lowest BCUT2D eigenvalue weighted by atomic mass is 10.1. The van der Waals surface area contributed by atoms with Gasteiger partial charge in [-0.05, 0) is 19.8 Å². The monoisotopic (exact) mass is 215 g/mol. The molecule has 0 saturated carbocycles. The first-order valence-corrected chi connectivity index (χ1v) is 5.51. The molecule has 0 heterocycles. The smallest absolute Gasteiger partial charge is 0.303 e. The fraction of sp³-hybridized carbons (Fsp3) is 0.818. The number of hydrogen-bond acceptors (Lipinski definition) is 2. The van der Waals surface area contributed by atoms with Crippen molar-refractivity contribution in [1.82, 2.24) is 5.32 Å². The van der Waals surface area contributed by atoms with Crippen molar-refractivity contribution in [3.63, 3.8) is 0 Å². The van der Waals surface area contributed by atoms with Gasteiger partial charge in [-0.2, -0.15) is 0 Å². The van der Waals surface area contributed by atoms with Gasteiger partial charge in [0, 0.05) is 19.4 Å². The van der Waals surface area contributed by atoms with Crippen molar-refractivity contribution in [3.05, 3.63) is 0 Å². The Morgan fingerprint density at radius 2 is 1.80 bits per heavy atom. The Labute approximate surface area is 91.1 Å². The molecule has 0 rings (SSSR count). The van der Waals surface area contributed by atoms with Crippen LogP contribution in [0.5, 0.6) is 0 Å². The Morgan fingerprint density at radius 1 is 1.20 bits per heavy atom. The minimum atomic E-state index is -0.721. The molecule has 15 heavy (non-hydrogen) atoms. The highest BCUT2D eigenvalue weighted by Gasteiger charge is 2.02. The molecule has 88 valence electrons. The van der Waals surface area contributed by atoms with Gasteiger partial charge < -0.3 is 10.4 Å². The molecular weight excluding hydrogens is 194 g/mol. The van der Waals surface area contributed by atoms with Gasteiger partial charge in [-0.3, -0.25) is 9.59 Å². The molecule has 0 spiro atoms. The van der Waals surface area contributed by atoms with Crippen LogP contribution in [0.25, 0.3) is 0 Å². The molecule has 0 aromatic carbocycles. The zero-order chi connectivity index (χ0) is 11.7. The molecule has 1 unspecified atom stereocenters. The number of aliphatic carboxylic acids is 1. The maximum Gasteiger partial charge on any atom is 0.303 e. The van der Waals surface area contributed by atoms with Crippen molar-refractivity contribution in [2.45, 2.75) is 58.4 Å². The van der Waals surface area contributed by atoms with Crippen molar-refractivity contribution in [3.8, 4) is 0 Å². The van der Waals surface area contributed by atoms with E-state index in [1.807, 2.05) is 6.92 Å². The molecule has 4 nitrogen and oxygen atoms in total. The van der Waals surface area contributed by atoms with Gasteiger partial charge in [-0.1, -0.05) is 19.3 Å². The lowest BCUT2D eigenvalue weighted by molar-refractivity contribution is -0.137. The summed E-state index contributed by atoms with van der Waals surface area (Å²) in [5.41, 5.74) is 0. The molecule has 0 aromatic rings. The predicted octanol–water partition coefficient (Wildman–Crippen LogP) is 1.94. The molecule has 0 aliphatic rings. The highest BCUT2D eigenvalue weighted by molar-refractivity contribution is 5.73. The summed E-state index contributed by atoms with van der Waals surface area (Å²) in [6.07, 6.45) is 5.02. The van der Waals surface area contributed by atoms with Crippen LogP contribution in [-0.2, 0) is 9.59 Å². The summed E-state index contributed by atoms with van der Waals surface area (Å²) in [5.74, 6) is -0.713. The van der Waals surface area contributed by atoms with E-state index in [0.717, 1.165) is 32.1 Å². The van der Waals surface area contributed by atoms with E-state index in [2.05, 4.69) is 5.32 Å². The zero-order valence-corrected chi connectivity index (χ0v) is 9.58. The summed E-state index contributed by atoms with van der Waals surface area (Å²) < 4.78 is 0. The van der Waals surface area contributed by atoms with Crippen LogP contribution in [0.3, 0.4) is 0 Å². The first kappa shape index (κ1) is 13.9. The van der Waals surface area contributed by atoms with E-state index in [0.29, 0.717) is 0 Å². The highest BCUT2D eigenvalue weighted by atomic mass is 16.4. The molecule has 1 amide bonds. The SMILES string of the molecule is CC(=O)NC(C)CCCCCCC(=O)O. The van der Waals surface area contributed by atoms with E-state index in [1.54, 1.807) is 0 Å². The van der Waals surface area contributed by atoms with Gasteiger partial charge in [-0.25, -0.2) is 0 Å². The number of hydrogen-bond donors (Lipinski definition) is 2. The summed E-state index contributed by atoms with van der Waals surface area (Å²) >= 11 is 0. The van der Waals surface area contributed by atoms with Crippen molar-refractivity contribution in [2.24, 2.45) is 0 Å². The van der Waals surface area contributed by atoms with Crippen LogP contribution in [0.2, 0.25) is 0 Å². The van der Waals surface area contributed by atoms with E-state index in [-0.39, 0.29) is 18.4 Å². The van der Waals surface area contributed by atoms with E-state index in [9.17, 15) is 9.59 Å². The second kappa shape index (κ2) is 8.26. The zero-order valence-electron chi connectivity index (χ0n) is 9.58. The van der Waals surface area contributed by atoms with Crippen LogP contribution in [0, 0.1) is 0 Å². The average molecular weight is 215 g/mol. The van der Waals surface area contributed by atoms with Gasteiger partial charge in [0.25, 0.3) is 0 Å². The van der Waals surface area contributed by atoms with Crippen molar-refractivity contribution in [2.75, 3.05) is 0 Å². The van der Waals surface area contributed by atoms with E-state index in [4.69, 9.17) is 5.11 Å². The molecule has 4 heteroatoms. The first-order chi connectivity index (χ1) is 7.02. The number of rotatable bonds is 8. The summed E-state index contributed by atoms with van der Waals surface area (Å²) in [6.45, 7) is 3.50. The summed E-state index contributed by atoms with van der Waals surface area (Å²) in [4.78, 5) is 20.9. The number of carboxylic acid groups (broad SMARTS) is 1. The van der Waals surface area contributed by atoms with Gasteiger partial charge in [0.15, 0.2) is 0 Å². The van der Waals surface area contributed by atoms with Gasteiger partial charge in [0.05, 0.1) is 0 Å². The van der Waals surface area contributed by atoms with Crippen molar-refractivity contribution < 1.29 is 14.7 Å². The van der Waals surface area contributed by atoms with E-state index in [1.165, 1.54) is 6.92 Å². The summed E-state index contributed by atoms with van der Waals surface area (Å²) in [7, 11) is 0. The molecule has 0 radical (unpaired) electrons. The molecule has 0 bridgehead atoms. The Bertz CT molecular complexity index is 204. The Morgan fingerprint density at radius 3 is 2.33 bits per heavy atom. The summed E-state index contributed by atoms with van der Waals surface area (Å²) in [6, 6.07) is 0.224. The third-order valence-corrected chi connectivity index (χ3v) is 2.23. The van der Waals surface area contributed by atoms with Crippen LogP contribution in [0.1, 0.15) is 52.4 Å². The van der Waals surface area contributed by atoms with Crippen LogP contribution in [0.15, 0.2) is 0 Å². The largest absolute Gasteiger partial charge is 0.481 e. The number of carboxylic acids is 1. The van der Waals surface area contributed by atoms with Gasteiger partial charge in [-0.15, -0.1) is 0 Å². The molecule has 0 fully saturated rings. The number of nitrogens with one attached hydrogen (secondary N) is 1. The van der Waals surface area contributed by atoms with Crippen LogP contribution < -0.4 is 5.32 Å². The van der Waals surface area contributed by atoms with E-state index >= 15 is 0 Å². The first-order valence-electron chi connectivity index (χ1n) is 5.51. The predicted molar refractivity (Wildman–Crippen MR) is 58.6 cm³/mol. The molecule has 0 aromatic heterocycles. The lowest BCUT2D eigenvalue weighted by Gasteiger charge is -2.11. The molecular formula is C11H21NO3. The second-order valence-corrected chi connectivity index (χ2v) is 3.95. The van der Waals surface area contributed by atoms with Crippen molar-refractivity contribution >= 4 is 11.9 Å². The van der Waals surface area contributed by atoms with Gasteiger partial charge >= 0.3 is 5.97 Å².